The summed E-state index contributed by atoms with van der Waals surface area (Å²) in [5, 5.41) is 1.03. The number of likely N-dealkylation sites (N-methyl/N-ethyl adjacent to an activating group) is 1. The molecular weight excluding hydrogens is 360 g/mol. The number of likely N-dealkylation sites (tertiary alicyclic amines) is 1. The van der Waals surface area contributed by atoms with Crippen LogP contribution >= 0.6 is 0 Å². The number of rotatable bonds is 3. The highest BCUT2D eigenvalue weighted by molar-refractivity contribution is 6.38. The Morgan fingerprint density at radius 1 is 1.11 bits per heavy atom. The molecule has 28 heavy (non-hydrogen) atoms. The van der Waals surface area contributed by atoms with Gasteiger partial charge in [0.1, 0.15) is 6.10 Å². The van der Waals surface area contributed by atoms with Gasteiger partial charge in [0, 0.05) is 44.1 Å². The van der Waals surface area contributed by atoms with Gasteiger partial charge in [0.2, 0.25) is 5.88 Å². The van der Waals surface area contributed by atoms with Crippen LogP contribution in [0.1, 0.15) is 13.3 Å². The molecule has 0 radical (unpaired) electrons. The molecule has 8 heteroatoms. The Kier molecular flexibility index (Phi) is 4.85. The average molecular weight is 382 g/mol. The van der Waals surface area contributed by atoms with Crippen LogP contribution in [0.2, 0.25) is 0 Å². The van der Waals surface area contributed by atoms with E-state index in [1.807, 2.05) is 43.3 Å². The lowest BCUT2D eigenvalue weighted by Crippen LogP contribution is -2.58. The summed E-state index contributed by atoms with van der Waals surface area (Å²) in [6.07, 6.45) is 0.456. The Morgan fingerprint density at radius 3 is 2.75 bits per heavy atom. The number of carbonyl (C=O) groups is 3. The molecule has 2 aromatic rings. The lowest BCUT2D eigenvalue weighted by Gasteiger charge is -2.33. The molecule has 146 valence electrons. The smallest absolute Gasteiger partial charge is 0.327 e. The number of nitrogens with zero attached hydrogens (tertiary/aromatic N) is 4. The largest absolute Gasteiger partial charge is 0.472 e. The molecule has 4 amide bonds. The van der Waals surface area contributed by atoms with E-state index in [1.165, 1.54) is 4.90 Å². The highest BCUT2D eigenvalue weighted by atomic mass is 16.5. The maximum absolute atomic E-state index is 12.7. The molecule has 3 heterocycles. The maximum Gasteiger partial charge on any atom is 0.327 e. The highest BCUT2D eigenvalue weighted by Crippen LogP contribution is 2.21. The number of ether oxygens (including phenoxy) is 1. The van der Waals surface area contributed by atoms with Crippen LogP contribution < -0.4 is 4.74 Å². The molecule has 1 atom stereocenters. The van der Waals surface area contributed by atoms with Crippen LogP contribution in [0, 0.1) is 0 Å². The van der Waals surface area contributed by atoms with Gasteiger partial charge in [-0.3, -0.25) is 14.5 Å². The molecule has 2 aliphatic heterocycles. The van der Waals surface area contributed by atoms with Crippen molar-refractivity contribution in [3.05, 3.63) is 36.4 Å². The summed E-state index contributed by atoms with van der Waals surface area (Å²) < 4.78 is 5.95. The van der Waals surface area contributed by atoms with E-state index in [2.05, 4.69) is 4.98 Å². The lowest BCUT2D eigenvalue weighted by molar-refractivity contribution is -0.153. The van der Waals surface area contributed by atoms with Crippen LogP contribution in [-0.2, 0) is 9.59 Å². The molecule has 0 unspecified atom stereocenters. The molecule has 8 nitrogen and oxygen atoms in total. The first kappa shape index (κ1) is 18.2. The van der Waals surface area contributed by atoms with Gasteiger partial charge in [-0.2, -0.15) is 0 Å². The summed E-state index contributed by atoms with van der Waals surface area (Å²) in [7, 11) is 0. The zero-order valence-corrected chi connectivity index (χ0v) is 15.7. The number of amides is 4. The number of imide groups is 1. The minimum absolute atomic E-state index is 0.194. The first-order valence-electron chi connectivity index (χ1n) is 9.49. The Labute approximate surface area is 162 Å². The predicted octanol–water partition coefficient (Wildman–Crippen LogP) is 1.50. The van der Waals surface area contributed by atoms with Crippen molar-refractivity contribution in [3.8, 4) is 5.88 Å². The zero-order valence-electron chi connectivity index (χ0n) is 15.7. The van der Waals surface area contributed by atoms with Gasteiger partial charge in [0.05, 0.1) is 12.1 Å². The number of fused-ring (bicyclic) bond motifs is 1. The van der Waals surface area contributed by atoms with Gasteiger partial charge in [-0.25, -0.2) is 9.78 Å². The number of carbonyl (C=O) groups excluding carboxylic acids is 3. The fraction of sp³-hybridized carbons (Fsp3) is 0.400. The fourth-order valence-corrected chi connectivity index (χ4v) is 3.61. The monoisotopic (exact) mass is 382 g/mol. The minimum Gasteiger partial charge on any atom is -0.472 e. The van der Waals surface area contributed by atoms with Crippen molar-refractivity contribution in [1.29, 1.82) is 0 Å². The highest BCUT2D eigenvalue weighted by Gasteiger charge is 2.39. The van der Waals surface area contributed by atoms with E-state index < -0.39 is 17.8 Å². The third-order valence-electron chi connectivity index (χ3n) is 5.20. The van der Waals surface area contributed by atoms with Gasteiger partial charge in [0.15, 0.2) is 0 Å². The summed E-state index contributed by atoms with van der Waals surface area (Å²) in [5.41, 5.74) is 0.851. The van der Waals surface area contributed by atoms with Crippen LogP contribution in [0.4, 0.5) is 4.79 Å². The second kappa shape index (κ2) is 7.46. The van der Waals surface area contributed by atoms with Gasteiger partial charge >= 0.3 is 17.8 Å². The van der Waals surface area contributed by atoms with Gasteiger partial charge in [-0.1, -0.05) is 18.2 Å². The number of benzene rings is 1. The Morgan fingerprint density at radius 2 is 1.93 bits per heavy atom. The topological polar surface area (TPSA) is 83.0 Å². The van der Waals surface area contributed by atoms with Crippen LogP contribution in [0.3, 0.4) is 0 Å². The summed E-state index contributed by atoms with van der Waals surface area (Å²) in [5.74, 6) is -0.853. The van der Waals surface area contributed by atoms with Crippen molar-refractivity contribution >= 4 is 28.7 Å². The second-order valence-electron chi connectivity index (χ2n) is 6.94. The number of hydrogen-bond donors (Lipinski definition) is 0. The third kappa shape index (κ3) is 3.37. The Hall–Kier alpha value is -3.16. The number of piperazine rings is 1. The number of pyridine rings is 1. The van der Waals surface area contributed by atoms with Crippen LogP contribution in [-0.4, -0.2) is 76.4 Å². The summed E-state index contributed by atoms with van der Waals surface area (Å²) in [4.78, 5) is 45.5. The van der Waals surface area contributed by atoms with Crippen molar-refractivity contribution in [2.24, 2.45) is 0 Å². The van der Waals surface area contributed by atoms with Crippen molar-refractivity contribution in [1.82, 2.24) is 19.7 Å². The third-order valence-corrected chi connectivity index (χ3v) is 5.20. The normalized spacial score (nSPS) is 20.2. The molecule has 2 saturated heterocycles. The van der Waals surface area contributed by atoms with Crippen molar-refractivity contribution in [2.45, 2.75) is 19.4 Å². The molecule has 2 fully saturated rings. The first-order chi connectivity index (χ1) is 13.6. The van der Waals surface area contributed by atoms with E-state index in [0.717, 1.165) is 15.8 Å². The van der Waals surface area contributed by atoms with Crippen molar-refractivity contribution < 1.29 is 19.1 Å². The molecular formula is C20H22N4O4. The molecule has 2 aliphatic rings. The van der Waals surface area contributed by atoms with E-state index in [9.17, 15) is 14.4 Å². The molecule has 0 aliphatic carbocycles. The summed E-state index contributed by atoms with van der Waals surface area (Å²) >= 11 is 0. The van der Waals surface area contributed by atoms with Gasteiger partial charge in [0.25, 0.3) is 0 Å². The number of para-hydroxylation sites is 1. The number of hydrogen-bond acceptors (Lipinski definition) is 5. The van der Waals surface area contributed by atoms with E-state index >= 15 is 0 Å². The molecule has 0 spiro atoms. The molecule has 0 N–H and O–H groups in total. The molecule has 1 aromatic heterocycles. The molecule has 1 aromatic carbocycles. The SMILES string of the molecule is CCN1CCN(C(=O)N2CC[C@H](Oc3ccc4ccccc4n3)C2)C(=O)C1=O. The van der Waals surface area contributed by atoms with E-state index in [-0.39, 0.29) is 12.6 Å². The van der Waals surface area contributed by atoms with Crippen molar-refractivity contribution in [2.75, 3.05) is 32.7 Å². The number of urea groups is 1. The summed E-state index contributed by atoms with van der Waals surface area (Å²) in [6.45, 7) is 3.72. The minimum atomic E-state index is -0.751. The molecule has 4 rings (SSSR count). The Bertz CT molecular complexity index is 931. The predicted molar refractivity (Wildman–Crippen MR) is 102 cm³/mol. The standard InChI is InChI=1S/C20H22N4O4/c1-2-22-11-12-24(19(26)18(22)25)20(27)23-10-9-15(13-23)28-17-8-7-14-5-3-4-6-16(14)21-17/h3-8,15H,2,9-13H2,1H3/t15-/m0/s1. The van der Waals surface area contributed by atoms with E-state index in [4.69, 9.17) is 4.74 Å². The molecule has 0 bridgehead atoms. The quantitative estimate of drug-likeness (QED) is 0.752. The van der Waals surface area contributed by atoms with Crippen LogP contribution in [0.15, 0.2) is 36.4 Å². The first-order valence-corrected chi connectivity index (χ1v) is 9.49. The van der Waals surface area contributed by atoms with E-state index in [1.54, 1.807) is 4.90 Å². The van der Waals surface area contributed by atoms with Gasteiger partial charge in [-0.05, 0) is 19.1 Å². The summed E-state index contributed by atoms with van der Waals surface area (Å²) in [6, 6.07) is 11.1. The zero-order chi connectivity index (χ0) is 19.7. The fourth-order valence-electron chi connectivity index (χ4n) is 3.61. The van der Waals surface area contributed by atoms with Crippen molar-refractivity contribution in [3.63, 3.8) is 0 Å². The van der Waals surface area contributed by atoms with E-state index in [0.29, 0.717) is 38.5 Å². The Balaban J connectivity index is 1.38. The van der Waals surface area contributed by atoms with Gasteiger partial charge in [-0.15, -0.1) is 0 Å². The van der Waals surface area contributed by atoms with Crippen LogP contribution in [0.5, 0.6) is 5.88 Å². The second-order valence-corrected chi connectivity index (χ2v) is 6.94. The number of aromatic nitrogens is 1. The molecule has 0 saturated carbocycles. The van der Waals surface area contributed by atoms with Crippen LogP contribution in [0.25, 0.3) is 10.9 Å². The average Bonchev–Trinajstić information content (AvgIpc) is 3.18. The maximum atomic E-state index is 12.7. The lowest BCUT2D eigenvalue weighted by atomic mass is 10.2. The van der Waals surface area contributed by atoms with Gasteiger partial charge < -0.3 is 14.5 Å².